The molecule has 0 saturated carbocycles. The number of aromatic amines is 1. The Morgan fingerprint density at radius 3 is 2.38 bits per heavy atom. The van der Waals surface area contributed by atoms with E-state index in [9.17, 15) is 4.79 Å². The Bertz CT molecular complexity index is 1010. The van der Waals surface area contributed by atoms with Crippen LogP contribution in [0.15, 0.2) is 42.5 Å². The second-order valence-electron chi connectivity index (χ2n) is 9.36. The van der Waals surface area contributed by atoms with Crippen LogP contribution in [0, 0.1) is 0 Å². The molecule has 6 heteroatoms. The van der Waals surface area contributed by atoms with Crippen LogP contribution in [-0.2, 0) is 4.79 Å². The zero-order valence-electron chi connectivity index (χ0n) is 19.7. The number of fused-ring (bicyclic) bond motifs is 1. The molecule has 2 heterocycles. The van der Waals surface area contributed by atoms with Gasteiger partial charge in [0.2, 0.25) is 11.9 Å². The molecule has 0 spiro atoms. The largest absolute Gasteiger partial charge is 0.341 e. The molecule has 1 fully saturated rings. The number of anilines is 2. The number of nitrogens with one attached hydrogen (secondary N) is 2. The number of hydrogen-bond donors (Lipinski definition) is 2. The predicted octanol–water partition coefficient (Wildman–Crippen LogP) is 4.96. The summed E-state index contributed by atoms with van der Waals surface area (Å²) in [7, 11) is 0. The van der Waals surface area contributed by atoms with E-state index in [0.29, 0.717) is 18.4 Å². The molecule has 4 rings (SSSR count). The maximum absolute atomic E-state index is 13.0. The van der Waals surface area contributed by atoms with Crippen molar-refractivity contribution in [3.63, 3.8) is 0 Å². The summed E-state index contributed by atoms with van der Waals surface area (Å²) in [6, 6.07) is 14.5. The van der Waals surface area contributed by atoms with Gasteiger partial charge in [0.25, 0.3) is 0 Å². The van der Waals surface area contributed by atoms with Crippen molar-refractivity contribution in [2.75, 3.05) is 42.9 Å². The third-order valence-electron chi connectivity index (χ3n) is 6.27. The summed E-state index contributed by atoms with van der Waals surface area (Å²) in [4.78, 5) is 25.8. The Labute approximate surface area is 191 Å². The number of carbonyl (C=O) groups is 1. The Balaban J connectivity index is 1.40. The summed E-state index contributed by atoms with van der Waals surface area (Å²) < 4.78 is 0. The van der Waals surface area contributed by atoms with Gasteiger partial charge in [0.1, 0.15) is 0 Å². The van der Waals surface area contributed by atoms with Crippen LogP contribution in [0.25, 0.3) is 11.0 Å². The van der Waals surface area contributed by atoms with Gasteiger partial charge >= 0.3 is 0 Å². The molecule has 2 aromatic carbocycles. The highest BCUT2D eigenvalue weighted by Gasteiger charge is 2.21. The standard InChI is InChI=1S/C26H35N5O/c1-18(2)20-9-7-10-21(19(3)4)25(20)29-24(32)17-30-13-8-14-31(16-15-30)26-27-22-11-5-6-12-23(22)28-26/h5-7,9-12,18-19H,8,13-17H2,1-4H3,(H,27,28)(H,29,32). The van der Waals surface area contributed by atoms with E-state index in [0.717, 1.165) is 55.3 Å². The minimum absolute atomic E-state index is 0.0668. The highest BCUT2D eigenvalue weighted by molar-refractivity contribution is 5.94. The van der Waals surface area contributed by atoms with Gasteiger partial charge in [-0.3, -0.25) is 9.69 Å². The molecule has 0 bridgehead atoms. The second-order valence-corrected chi connectivity index (χ2v) is 9.36. The molecule has 1 aliphatic heterocycles. The quantitative estimate of drug-likeness (QED) is 0.577. The molecule has 1 aromatic heterocycles. The maximum Gasteiger partial charge on any atom is 0.238 e. The molecule has 1 amide bonds. The summed E-state index contributed by atoms with van der Waals surface area (Å²) in [5.74, 6) is 1.71. The van der Waals surface area contributed by atoms with Crippen LogP contribution in [0.2, 0.25) is 0 Å². The number of nitrogens with zero attached hydrogens (tertiary/aromatic N) is 3. The van der Waals surface area contributed by atoms with Crippen LogP contribution in [0.5, 0.6) is 0 Å². The van der Waals surface area contributed by atoms with E-state index in [1.54, 1.807) is 0 Å². The van der Waals surface area contributed by atoms with E-state index in [2.05, 4.69) is 72.1 Å². The van der Waals surface area contributed by atoms with E-state index in [-0.39, 0.29) is 5.91 Å². The molecule has 0 aliphatic carbocycles. The van der Waals surface area contributed by atoms with Crippen LogP contribution in [0.4, 0.5) is 11.6 Å². The number of H-pyrrole nitrogens is 1. The van der Waals surface area contributed by atoms with Crippen LogP contribution >= 0.6 is 0 Å². The highest BCUT2D eigenvalue weighted by Crippen LogP contribution is 2.32. The summed E-state index contributed by atoms with van der Waals surface area (Å²) in [5, 5.41) is 3.26. The molecular formula is C26H35N5O. The monoisotopic (exact) mass is 433 g/mol. The predicted molar refractivity (Wildman–Crippen MR) is 133 cm³/mol. The zero-order chi connectivity index (χ0) is 22.7. The van der Waals surface area contributed by atoms with Crippen LogP contribution in [0.1, 0.15) is 57.1 Å². The molecule has 2 N–H and O–H groups in total. The van der Waals surface area contributed by atoms with Gasteiger partial charge in [0.15, 0.2) is 0 Å². The Morgan fingerprint density at radius 1 is 0.969 bits per heavy atom. The van der Waals surface area contributed by atoms with Crippen molar-refractivity contribution >= 4 is 28.6 Å². The van der Waals surface area contributed by atoms with Gasteiger partial charge in [-0.2, -0.15) is 0 Å². The van der Waals surface area contributed by atoms with Gasteiger partial charge in [-0.05, 0) is 41.5 Å². The average molecular weight is 434 g/mol. The lowest BCUT2D eigenvalue weighted by atomic mass is 9.92. The fraction of sp³-hybridized carbons (Fsp3) is 0.462. The van der Waals surface area contributed by atoms with Crippen molar-refractivity contribution in [3.8, 4) is 0 Å². The first-order valence-corrected chi connectivity index (χ1v) is 11.8. The van der Waals surface area contributed by atoms with E-state index in [1.165, 1.54) is 11.1 Å². The minimum atomic E-state index is 0.0668. The van der Waals surface area contributed by atoms with Crippen molar-refractivity contribution < 1.29 is 4.79 Å². The van der Waals surface area contributed by atoms with Crippen molar-refractivity contribution in [2.24, 2.45) is 0 Å². The summed E-state index contributed by atoms with van der Waals surface area (Å²) in [5.41, 5.74) is 5.47. The first-order chi connectivity index (χ1) is 15.4. The van der Waals surface area contributed by atoms with Gasteiger partial charge in [-0.1, -0.05) is 58.0 Å². The Hall–Kier alpha value is -2.86. The fourth-order valence-electron chi connectivity index (χ4n) is 4.51. The lowest BCUT2D eigenvalue weighted by molar-refractivity contribution is -0.117. The molecule has 0 atom stereocenters. The van der Waals surface area contributed by atoms with Crippen molar-refractivity contribution in [3.05, 3.63) is 53.6 Å². The van der Waals surface area contributed by atoms with Crippen molar-refractivity contribution in [1.29, 1.82) is 0 Å². The molecule has 1 saturated heterocycles. The van der Waals surface area contributed by atoms with E-state index < -0.39 is 0 Å². The molecule has 6 nitrogen and oxygen atoms in total. The number of aromatic nitrogens is 2. The number of carbonyl (C=O) groups excluding carboxylic acids is 1. The van der Waals surface area contributed by atoms with Crippen molar-refractivity contribution in [2.45, 2.75) is 46.0 Å². The number of benzene rings is 2. The molecule has 32 heavy (non-hydrogen) atoms. The number of para-hydroxylation sites is 3. The lowest BCUT2D eigenvalue weighted by Gasteiger charge is -2.23. The number of amides is 1. The average Bonchev–Trinajstić information content (AvgIpc) is 3.06. The second kappa shape index (κ2) is 9.74. The SMILES string of the molecule is CC(C)c1cccc(C(C)C)c1NC(=O)CN1CCCN(c2nc3ccccc3[nH]2)CC1. The van der Waals surface area contributed by atoms with Gasteiger partial charge in [-0.15, -0.1) is 0 Å². The summed E-state index contributed by atoms with van der Waals surface area (Å²) in [6.45, 7) is 12.7. The first kappa shape index (κ1) is 22.3. The fourth-order valence-corrected chi connectivity index (χ4v) is 4.51. The molecule has 3 aromatic rings. The highest BCUT2D eigenvalue weighted by atomic mass is 16.2. The lowest BCUT2D eigenvalue weighted by Crippen LogP contribution is -2.36. The normalized spacial score (nSPS) is 15.5. The van der Waals surface area contributed by atoms with Gasteiger partial charge in [0.05, 0.1) is 17.6 Å². The van der Waals surface area contributed by atoms with Crippen molar-refractivity contribution in [1.82, 2.24) is 14.9 Å². The maximum atomic E-state index is 13.0. The number of imidazole rings is 1. The Kier molecular flexibility index (Phi) is 6.80. The van der Waals surface area contributed by atoms with E-state index in [1.807, 2.05) is 18.2 Å². The molecule has 0 unspecified atom stereocenters. The minimum Gasteiger partial charge on any atom is -0.341 e. The number of rotatable bonds is 6. The topological polar surface area (TPSA) is 64.3 Å². The van der Waals surface area contributed by atoms with E-state index in [4.69, 9.17) is 4.98 Å². The molecule has 0 radical (unpaired) electrons. The summed E-state index contributed by atoms with van der Waals surface area (Å²) in [6.07, 6.45) is 1.00. The molecule has 170 valence electrons. The third-order valence-corrected chi connectivity index (χ3v) is 6.27. The summed E-state index contributed by atoms with van der Waals surface area (Å²) >= 11 is 0. The van der Waals surface area contributed by atoms with Gasteiger partial charge in [-0.25, -0.2) is 4.98 Å². The van der Waals surface area contributed by atoms with Crippen LogP contribution in [0.3, 0.4) is 0 Å². The Morgan fingerprint density at radius 2 is 1.69 bits per heavy atom. The molecule has 1 aliphatic rings. The number of hydrogen-bond acceptors (Lipinski definition) is 4. The first-order valence-electron chi connectivity index (χ1n) is 11.8. The smallest absolute Gasteiger partial charge is 0.238 e. The van der Waals surface area contributed by atoms with E-state index >= 15 is 0 Å². The molecular weight excluding hydrogens is 398 g/mol. The van der Waals surface area contributed by atoms with Crippen LogP contribution < -0.4 is 10.2 Å². The zero-order valence-corrected chi connectivity index (χ0v) is 19.7. The van der Waals surface area contributed by atoms with Gasteiger partial charge < -0.3 is 15.2 Å². The van der Waals surface area contributed by atoms with Gasteiger partial charge in [0, 0.05) is 31.9 Å². The van der Waals surface area contributed by atoms with Crippen LogP contribution in [-0.4, -0.2) is 53.5 Å². The third kappa shape index (κ3) is 4.96.